The molecule has 0 spiro atoms. The van der Waals surface area contributed by atoms with E-state index >= 15 is 0 Å². The lowest BCUT2D eigenvalue weighted by Gasteiger charge is -2.42. The maximum Gasteiger partial charge on any atom is 0.119 e. The Morgan fingerprint density at radius 2 is 1.89 bits per heavy atom. The minimum absolute atomic E-state index is 0.0250. The van der Waals surface area contributed by atoms with Crippen molar-refractivity contribution in [2.45, 2.75) is 46.3 Å². The molecule has 2 rings (SSSR count). The summed E-state index contributed by atoms with van der Waals surface area (Å²) in [5.41, 5.74) is 1.18. The Balaban J connectivity index is 2.03. The molecule has 106 valence electrons. The molecule has 1 aromatic rings. The number of anilines is 1. The maximum absolute atomic E-state index is 10.2. The Labute approximate surface area is 116 Å². The molecule has 0 aromatic heterocycles. The van der Waals surface area contributed by atoms with Gasteiger partial charge in [0, 0.05) is 18.8 Å². The molecule has 1 aromatic carbocycles. The zero-order valence-corrected chi connectivity index (χ0v) is 12.4. The van der Waals surface area contributed by atoms with Crippen LogP contribution in [0.4, 0.5) is 5.69 Å². The lowest BCUT2D eigenvalue weighted by molar-refractivity contribution is 0.0351. The lowest BCUT2D eigenvalue weighted by Crippen LogP contribution is -2.48. The molecule has 0 aliphatic carbocycles. The van der Waals surface area contributed by atoms with Crippen LogP contribution in [-0.4, -0.2) is 30.4 Å². The fourth-order valence-electron chi connectivity index (χ4n) is 2.38. The van der Waals surface area contributed by atoms with Gasteiger partial charge in [0.1, 0.15) is 5.75 Å². The molecule has 1 aliphatic rings. The van der Waals surface area contributed by atoms with Crippen LogP contribution in [0, 0.1) is 5.41 Å². The van der Waals surface area contributed by atoms with Crippen LogP contribution in [-0.2, 0) is 0 Å². The number of nitrogens with zero attached hydrogens (tertiary/aromatic N) is 1. The summed E-state index contributed by atoms with van der Waals surface area (Å²) in [5.74, 6) is 0.900. The lowest BCUT2D eigenvalue weighted by atomic mass is 9.80. The Bertz CT molecular complexity index is 411. The van der Waals surface area contributed by atoms with Crippen LogP contribution in [0.25, 0.3) is 0 Å². The molecule has 1 N–H and O–H groups in total. The second kappa shape index (κ2) is 5.41. The summed E-state index contributed by atoms with van der Waals surface area (Å²) in [6.07, 6.45) is 0.939. The van der Waals surface area contributed by atoms with E-state index in [-0.39, 0.29) is 17.6 Å². The van der Waals surface area contributed by atoms with Gasteiger partial charge in [0.2, 0.25) is 0 Å². The van der Waals surface area contributed by atoms with Crippen molar-refractivity contribution in [3.8, 4) is 5.75 Å². The molecule has 0 saturated carbocycles. The highest BCUT2D eigenvalue weighted by Crippen LogP contribution is 2.33. The molecule has 0 amide bonds. The largest absolute Gasteiger partial charge is 0.491 e. The van der Waals surface area contributed by atoms with Crippen molar-refractivity contribution in [2.24, 2.45) is 5.41 Å². The van der Waals surface area contributed by atoms with E-state index in [2.05, 4.69) is 30.9 Å². The molecule has 1 unspecified atom stereocenters. The van der Waals surface area contributed by atoms with Gasteiger partial charge in [-0.2, -0.15) is 0 Å². The molecule has 19 heavy (non-hydrogen) atoms. The molecule has 3 heteroatoms. The zero-order chi connectivity index (χ0) is 14.0. The average molecular weight is 263 g/mol. The minimum atomic E-state index is -0.271. The highest BCUT2D eigenvalue weighted by Gasteiger charge is 2.34. The Hall–Kier alpha value is -1.22. The van der Waals surface area contributed by atoms with Crippen molar-refractivity contribution in [3.63, 3.8) is 0 Å². The third kappa shape index (κ3) is 3.41. The van der Waals surface area contributed by atoms with Gasteiger partial charge in [0.15, 0.2) is 0 Å². The minimum Gasteiger partial charge on any atom is -0.491 e. The Kier molecular flexibility index (Phi) is 4.04. The number of hydrogen-bond acceptors (Lipinski definition) is 3. The maximum atomic E-state index is 10.2. The molecular weight excluding hydrogens is 238 g/mol. The molecular formula is C16H25NO2. The predicted octanol–water partition coefficient (Wildman–Crippen LogP) is 3.07. The van der Waals surface area contributed by atoms with Gasteiger partial charge in [0.25, 0.3) is 0 Å². The fraction of sp³-hybridized carbons (Fsp3) is 0.625. The second-order valence-corrected chi connectivity index (χ2v) is 6.36. The van der Waals surface area contributed by atoms with E-state index in [4.69, 9.17) is 4.74 Å². The number of hydrogen-bond donors (Lipinski definition) is 1. The predicted molar refractivity (Wildman–Crippen MR) is 78.8 cm³/mol. The average Bonchev–Trinajstić information content (AvgIpc) is 2.33. The Morgan fingerprint density at radius 3 is 2.42 bits per heavy atom. The van der Waals surface area contributed by atoms with Gasteiger partial charge < -0.3 is 14.7 Å². The van der Waals surface area contributed by atoms with Crippen LogP contribution >= 0.6 is 0 Å². The normalized spacial score (nSPS) is 22.6. The number of aliphatic hydroxyl groups is 1. The van der Waals surface area contributed by atoms with E-state index in [9.17, 15) is 5.11 Å². The molecule has 1 saturated heterocycles. The van der Waals surface area contributed by atoms with Gasteiger partial charge in [-0.1, -0.05) is 13.8 Å². The molecule has 1 atom stereocenters. The first-order valence-electron chi connectivity index (χ1n) is 7.08. The first-order valence-corrected chi connectivity index (χ1v) is 7.08. The van der Waals surface area contributed by atoms with Crippen molar-refractivity contribution >= 4 is 5.69 Å². The van der Waals surface area contributed by atoms with Crippen LogP contribution in [0.2, 0.25) is 0 Å². The quantitative estimate of drug-likeness (QED) is 0.909. The van der Waals surface area contributed by atoms with Crippen LogP contribution < -0.4 is 9.64 Å². The summed E-state index contributed by atoms with van der Waals surface area (Å²) in [6, 6.07) is 8.15. The summed E-state index contributed by atoms with van der Waals surface area (Å²) in [4.78, 5) is 2.25. The number of β-amino-alcohol motifs (C(OH)–C–C–N with tert-alkyl or cyclic N) is 1. The van der Waals surface area contributed by atoms with Crippen molar-refractivity contribution < 1.29 is 9.84 Å². The summed E-state index contributed by atoms with van der Waals surface area (Å²) < 4.78 is 5.64. The highest BCUT2D eigenvalue weighted by atomic mass is 16.5. The van der Waals surface area contributed by atoms with Crippen molar-refractivity contribution in [1.82, 2.24) is 0 Å². The van der Waals surface area contributed by atoms with Gasteiger partial charge in [-0.05, 0) is 49.9 Å². The van der Waals surface area contributed by atoms with Crippen LogP contribution in [0.15, 0.2) is 24.3 Å². The number of benzene rings is 1. The van der Waals surface area contributed by atoms with E-state index in [0.717, 1.165) is 24.4 Å². The summed E-state index contributed by atoms with van der Waals surface area (Å²) >= 11 is 0. The van der Waals surface area contributed by atoms with Crippen LogP contribution in [0.1, 0.15) is 34.1 Å². The summed E-state index contributed by atoms with van der Waals surface area (Å²) in [7, 11) is 0. The van der Waals surface area contributed by atoms with Gasteiger partial charge in [0.05, 0.1) is 12.2 Å². The SMILES string of the molecule is CC(C)Oc1ccc(N2CCC(C)(C)C(O)C2)cc1. The molecule has 1 heterocycles. The fourth-order valence-corrected chi connectivity index (χ4v) is 2.38. The van der Waals surface area contributed by atoms with Crippen LogP contribution in [0.3, 0.4) is 0 Å². The molecule has 1 aliphatic heterocycles. The third-order valence-corrected chi connectivity index (χ3v) is 3.90. The Morgan fingerprint density at radius 1 is 1.26 bits per heavy atom. The summed E-state index contributed by atoms with van der Waals surface area (Å²) in [5, 5.41) is 10.2. The van der Waals surface area contributed by atoms with E-state index < -0.39 is 0 Å². The molecule has 3 nitrogen and oxygen atoms in total. The third-order valence-electron chi connectivity index (χ3n) is 3.90. The van der Waals surface area contributed by atoms with Crippen LogP contribution in [0.5, 0.6) is 5.75 Å². The molecule has 0 radical (unpaired) electrons. The number of ether oxygens (including phenoxy) is 1. The monoisotopic (exact) mass is 263 g/mol. The first kappa shape index (κ1) is 14.2. The van der Waals surface area contributed by atoms with E-state index in [1.165, 1.54) is 0 Å². The standard InChI is InChI=1S/C16H25NO2/c1-12(2)19-14-7-5-13(6-8-14)17-10-9-16(3,4)15(18)11-17/h5-8,12,15,18H,9-11H2,1-4H3. The second-order valence-electron chi connectivity index (χ2n) is 6.36. The van der Waals surface area contributed by atoms with E-state index in [0.29, 0.717) is 6.54 Å². The number of rotatable bonds is 3. The van der Waals surface area contributed by atoms with Crippen molar-refractivity contribution in [3.05, 3.63) is 24.3 Å². The van der Waals surface area contributed by atoms with E-state index in [1.54, 1.807) is 0 Å². The zero-order valence-electron chi connectivity index (χ0n) is 12.4. The van der Waals surface area contributed by atoms with Gasteiger partial charge >= 0.3 is 0 Å². The van der Waals surface area contributed by atoms with E-state index in [1.807, 2.05) is 26.0 Å². The van der Waals surface area contributed by atoms with Crippen molar-refractivity contribution in [2.75, 3.05) is 18.0 Å². The summed E-state index contributed by atoms with van der Waals surface area (Å²) in [6.45, 7) is 10.0. The number of aliphatic hydroxyl groups excluding tert-OH is 1. The molecule has 1 fully saturated rings. The van der Waals surface area contributed by atoms with Crippen molar-refractivity contribution in [1.29, 1.82) is 0 Å². The topological polar surface area (TPSA) is 32.7 Å². The smallest absolute Gasteiger partial charge is 0.119 e. The van der Waals surface area contributed by atoms with Gasteiger partial charge in [-0.3, -0.25) is 0 Å². The molecule has 0 bridgehead atoms. The highest BCUT2D eigenvalue weighted by molar-refractivity contribution is 5.49. The number of piperidine rings is 1. The van der Waals surface area contributed by atoms with Gasteiger partial charge in [-0.25, -0.2) is 0 Å². The first-order chi connectivity index (χ1) is 8.88. The van der Waals surface area contributed by atoms with Gasteiger partial charge in [-0.15, -0.1) is 0 Å².